The second kappa shape index (κ2) is 4.36. The first kappa shape index (κ1) is 10.7. The van der Waals surface area contributed by atoms with E-state index in [-0.39, 0.29) is 5.91 Å². The van der Waals surface area contributed by atoms with Crippen molar-refractivity contribution in [1.29, 1.82) is 0 Å². The summed E-state index contributed by atoms with van der Waals surface area (Å²) in [6.07, 6.45) is 3.19. The Balaban J connectivity index is 2.05. The van der Waals surface area contributed by atoms with Gasteiger partial charge in [-0.25, -0.2) is 4.98 Å². The van der Waals surface area contributed by atoms with Gasteiger partial charge in [0.2, 0.25) is 0 Å². The number of nitrogens with zero attached hydrogens (tertiary/aromatic N) is 2. The minimum Gasteiger partial charge on any atom is -0.472 e. The van der Waals surface area contributed by atoms with Crippen LogP contribution in [0.1, 0.15) is 16.1 Å². The van der Waals surface area contributed by atoms with E-state index in [9.17, 15) is 4.79 Å². The Hall–Kier alpha value is -1.82. The molecule has 0 fully saturated rings. The number of aromatic nitrogens is 1. The Bertz CT molecular complexity index is 478. The summed E-state index contributed by atoms with van der Waals surface area (Å²) >= 11 is 1.26. The highest BCUT2D eigenvalue weighted by molar-refractivity contribution is 7.13. The lowest BCUT2D eigenvalue weighted by Crippen LogP contribution is -2.26. The number of furan rings is 1. The van der Waals surface area contributed by atoms with Crippen LogP contribution >= 0.6 is 11.3 Å². The largest absolute Gasteiger partial charge is 0.472 e. The number of carbonyl (C=O) groups is 1. The standard InChI is InChI=1S/C10H11N3O2S/c1-13(4-7-2-3-15-5-7)9(14)8-6-16-10(11)12-8/h2-3,5-6H,4H2,1H3,(H2,11,12). The summed E-state index contributed by atoms with van der Waals surface area (Å²) in [6.45, 7) is 0.493. The molecule has 2 N–H and O–H groups in total. The summed E-state index contributed by atoms with van der Waals surface area (Å²) in [4.78, 5) is 17.4. The second-order valence-electron chi connectivity index (χ2n) is 3.36. The first-order valence-corrected chi connectivity index (χ1v) is 5.52. The molecule has 0 aliphatic rings. The molecule has 0 aliphatic carbocycles. The topological polar surface area (TPSA) is 72.4 Å². The fourth-order valence-electron chi connectivity index (χ4n) is 1.31. The third-order valence-electron chi connectivity index (χ3n) is 2.09. The van der Waals surface area contributed by atoms with Crippen LogP contribution in [-0.2, 0) is 6.54 Å². The predicted molar refractivity (Wildman–Crippen MR) is 61.0 cm³/mol. The van der Waals surface area contributed by atoms with Crippen LogP contribution in [0.2, 0.25) is 0 Å². The monoisotopic (exact) mass is 237 g/mol. The van der Waals surface area contributed by atoms with E-state index >= 15 is 0 Å². The van der Waals surface area contributed by atoms with Crippen molar-refractivity contribution in [2.45, 2.75) is 6.54 Å². The lowest BCUT2D eigenvalue weighted by Gasteiger charge is -2.14. The molecule has 0 bridgehead atoms. The molecule has 0 aliphatic heterocycles. The summed E-state index contributed by atoms with van der Waals surface area (Å²) in [5.41, 5.74) is 6.80. The number of carbonyl (C=O) groups excluding carboxylic acids is 1. The fraction of sp³-hybridized carbons (Fsp3) is 0.200. The van der Waals surface area contributed by atoms with E-state index in [0.29, 0.717) is 17.4 Å². The number of rotatable bonds is 3. The smallest absolute Gasteiger partial charge is 0.273 e. The molecule has 0 aromatic carbocycles. The van der Waals surface area contributed by atoms with Crippen LogP contribution in [0.5, 0.6) is 0 Å². The van der Waals surface area contributed by atoms with Gasteiger partial charge in [-0.2, -0.15) is 0 Å². The molecule has 0 unspecified atom stereocenters. The van der Waals surface area contributed by atoms with Gasteiger partial charge < -0.3 is 15.1 Å². The third-order valence-corrected chi connectivity index (χ3v) is 2.76. The second-order valence-corrected chi connectivity index (χ2v) is 4.25. The van der Waals surface area contributed by atoms with Gasteiger partial charge in [0, 0.05) is 24.5 Å². The first-order chi connectivity index (χ1) is 7.66. The van der Waals surface area contributed by atoms with Crippen LogP contribution in [0.25, 0.3) is 0 Å². The van der Waals surface area contributed by atoms with Gasteiger partial charge in [-0.05, 0) is 6.07 Å². The number of thiazole rings is 1. The highest BCUT2D eigenvalue weighted by atomic mass is 32.1. The maximum absolute atomic E-state index is 11.9. The molecule has 2 heterocycles. The van der Waals surface area contributed by atoms with Crippen LogP contribution in [0.4, 0.5) is 5.13 Å². The van der Waals surface area contributed by atoms with Crippen molar-refractivity contribution in [3.05, 3.63) is 35.2 Å². The van der Waals surface area contributed by atoms with Crippen molar-refractivity contribution < 1.29 is 9.21 Å². The Morgan fingerprint density at radius 2 is 2.50 bits per heavy atom. The summed E-state index contributed by atoms with van der Waals surface area (Å²) in [7, 11) is 1.71. The van der Waals surface area contributed by atoms with Crippen molar-refractivity contribution in [3.8, 4) is 0 Å². The lowest BCUT2D eigenvalue weighted by molar-refractivity contribution is 0.0780. The van der Waals surface area contributed by atoms with E-state index in [4.69, 9.17) is 10.2 Å². The molecule has 0 radical (unpaired) electrons. The molecule has 1 amide bonds. The summed E-state index contributed by atoms with van der Waals surface area (Å²) in [6, 6.07) is 1.82. The number of nitrogen functional groups attached to an aromatic ring is 1. The molecule has 84 valence electrons. The van der Waals surface area contributed by atoms with Crippen molar-refractivity contribution in [2.24, 2.45) is 0 Å². The first-order valence-electron chi connectivity index (χ1n) is 4.64. The minimum absolute atomic E-state index is 0.144. The predicted octanol–water partition coefficient (Wildman–Crippen LogP) is 1.59. The number of nitrogens with two attached hydrogens (primary N) is 1. The molecule has 0 spiro atoms. The molecule has 0 saturated carbocycles. The van der Waals surface area contributed by atoms with Crippen LogP contribution in [0.15, 0.2) is 28.4 Å². The van der Waals surface area contributed by atoms with Gasteiger partial charge in [-0.1, -0.05) is 0 Å². The Labute approximate surface area is 96.5 Å². The fourth-order valence-corrected chi connectivity index (χ4v) is 1.85. The molecule has 2 aromatic rings. The van der Waals surface area contributed by atoms with Crippen LogP contribution in [0, 0.1) is 0 Å². The van der Waals surface area contributed by atoms with Crippen molar-refractivity contribution >= 4 is 22.4 Å². The normalized spacial score (nSPS) is 10.3. The SMILES string of the molecule is CN(Cc1ccoc1)C(=O)c1csc(N)n1. The Morgan fingerprint density at radius 3 is 3.06 bits per heavy atom. The van der Waals surface area contributed by atoms with Gasteiger partial charge in [0.1, 0.15) is 5.69 Å². The molecule has 16 heavy (non-hydrogen) atoms. The average Bonchev–Trinajstić information content (AvgIpc) is 2.88. The van der Waals surface area contributed by atoms with Crippen molar-refractivity contribution in [1.82, 2.24) is 9.88 Å². The highest BCUT2D eigenvalue weighted by Gasteiger charge is 2.15. The summed E-state index contributed by atoms with van der Waals surface area (Å²) in [5, 5.41) is 2.06. The van der Waals surface area contributed by atoms with Gasteiger partial charge in [0.25, 0.3) is 5.91 Å². The molecule has 0 atom stereocenters. The number of amides is 1. The van der Waals surface area contributed by atoms with Crippen LogP contribution in [0.3, 0.4) is 0 Å². The average molecular weight is 237 g/mol. The summed E-state index contributed by atoms with van der Waals surface area (Å²) < 4.78 is 4.93. The summed E-state index contributed by atoms with van der Waals surface area (Å²) in [5.74, 6) is -0.144. The van der Waals surface area contributed by atoms with E-state index in [2.05, 4.69) is 4.98 Å². The highest BCUT2D eigenvalue weighted by Crippen LogP contribution is 2.14. The zero-order valence-corrected chi connectivity index (χ0v) is 9.53. The van der Waals surface area contributed by atoms with Crippen LogP contribution < -0.4 is 5.73 Å². The molecule has 0 saturated heterocycles. The zero-order chi connectivity index (χ0) is 11.5. The number of hydrogen-bond acceptors (Lipinski definition) is 5. The van der Waals surface area contributed by atoms with Crippen molar-refractivity contribution in [2.75, 3.05) is 12.8 Å². The molecular formula is C10H11N3O2S. The van der Waals surface area contributed by atoms with Gasteiger partial charge in [0.15, 0.2) is 5.13 Å². The number of hydrogen-bond donors (Lipinski definition) is 1. The van der Waals surface area contributed by atoms with Crippen LogP contribution in [-0.4, -0.2) is 22.8 Å². The zero-order valence-electron chi connectivity index (χ0n) is 8.71. The molecular weight excluding hydrogens is 226 g/mol. The molecule has 2 aromatic heterocycles. The third kappa shape index (κ3) is 2.22. The number of anilines is 1. The van der Waals surface area contributed by atoms with Gasteiger partial charge in [-0.15, -0.1) is 11.3 Å². The van der Waals surface area contributed by atoms with E-state index in [1.807, 2.05) is 6.07 Å². The van der Waals surface area contributed by atoms with Gasteiger partial charge >= 0.3 is 0 Å². The minimum atomic E-state index is -0.144. The van der Waals surface area contributed by atoms with Gasteiger partial charge in [-0.3, -0.25) is 4.79 Å². The van der Waals surface area contributed by atoms with E-state index in [1.165, 1.54) is 11.3 Å². The molecule has 2 rings (SSSR count). The quantitative estimate of drug-likeness (QED) is 0.879. The van der Waals surface area contributed by atoms with E-state index < -0.39 is 0 Å². The van der Waals surface area contributed by atoms with Crippen molar-refractivity contribution in [3.63, 3.8) is 0 Å². The van der Waals surface area contributed by atoms with Gasteiger partial charge in [0.05, 0.1) is 12.5 Å². The lowest BCUT2D eigenvalue weighted by atomic mass is 10.3. The maximum atomic E-state index is 11.9. The maximum Gasteiger partial charge on any atom is 0.273 e. The van der Waals surface area contributed by atoms with E-state index in [1.54, 1.807) is 29.9 Å². The molecule has 5 nitrogen and oxygen atoms in total. The van der Waals surface area contributed by atoms with E-state index in [0.717, 1.165) is 5.56 Å². The Morgan fingerprint density at radius 1 is 1.69 bits per heavy atom. The molecule has 6 heteroatoms. The Kier molecular flexibility index (Phi) is 2.91.